The lowest BCUT2D eigenvalue weighted by Crippen LogP contribution is -2.36. The molecule has 1 unspecified atom stereocenters. The molecule has 9 heteroatoms. The third-order valence-electron chi connectivity index (χ3n) is 6.72. The summed E-state index contributed by atoms with van der Waals surface area (Å²) in [5.41, 5.74) is 2.07. The third kappa shape index (κ3) is 5.57. The summed E-state index contributed by atoms with van der Waals surface area (Å²) in [6.45, 7) is 1.81. The number of benzene rings is 2. The van der Waals surface area contributed by atoms with E-state index >= 15 is 0 Å². The number of hydrogen-bond donors (Lipinski definition) is 2. The Morgan fingerprint density at radius 2 is 1.71 bits per heavy atom. The van der Waals surface area contributed by atoms with Crippen molar-refractivity contribution in [2.45, 2.75) is 25.1 Å². The number of alkyl halides is 3. The fourth-order valence-electron chi connectivity index (χ4n) is 4.79. The number of nitrogens with one attached hydrogen (secondary N) is 1. The van der Waals surface area contributed by atoms with E-state index in [9.17, 15) is 23.1 Å². The highest BCUT2D eigenvalue weighted by atomic mass is 19.4. The predicted molar refractivity (Wildman–Crippen MR) is 136 cm³/mol. The van der Waals surface area contributed by atoms with Gasteiger partial charge in [0, 0.05) is 30.1 Å². The van der Waals surface area contributed by atoms with Gasteiger partial charge in [0.15, 0.2) is 5.76 Å². The number of carbonyl (C=O) groups is 1. The Hall–Kier alpha value is -4.11. The van der Waals surface area contributed by atoms with E-state index in [0.717, 1.165) is 43.6 Å². The lowest BCUT2D eigenvalue weighted by atomic mass is 10.0. The van der Waals surface area contributed by atoms with E-state index in [2.05, 4.69) is 15.2 Å². The molecule has 0 saturated carbocycles. The van der Waals surface area contributed by atoms with Gasteiger partial charge in [-0.2, -0.15) is 13.2 Å². The first-order chi connectivity index (χ1) is 18.3. The van der Waals surface area contributed by atoms with Crippen LogP contribution in [0.1, 0.15) is 40.6 Å². The lowest BCUT2D eigenvalue weighted by molar-refractivity contribution is -0.137. The van der Waals surface area contributed by atoms with Crippen molar-refractivity contribution in [3.63, 3.8) is 0 Å². The summed E-state index contributed by atoms with van der Waals surface area (Å²) in [6, 6.07) is 16.7. The molecule has 1 fully saturated rings. The molecule has 1 aliphatic heterocycles. The Bertz CT molecular complexity index is 1400. The standard InChI is InChI=1S/C29H26F3N3O3/c30-29(31,32)22-8-6-20(7-9-22)25(35-14-1-2-15-35)18-34-28(37)26-17-24(19-10-12-33-13-11-19)27(38-26)21-4-3-5-23(36)16-21/h3-13,16-17,25,36H,1-2,14-15,18H2,(H,34,37). The van der Waals surface area contributed by atoms with E-state index in [-0.39, 0.29) is 24.1 Å². The molecule has 0 bridgehead atoms. The smallest absolute Gasteiger partial charge is 0.416 e. The summed E-state index contributed by atoms with van der Waals surface area (Å²) in [7, 11) is 0. The van der Waals surface area contributed by atoms with Crippen molar-refractivity contribution in [1.29, 1.82) is 0 Å². The topological polar surface area (TPSA) is 78.6 Å². The number of phenolic OH excluding ortho intramolecular Hbond substituents is 1. The average Bonchev–Trinajstić information content (AvgIpc) is 3.60. The Kier molecular flexibility index (Phi) is 7.20. The van der Waals surface area contributed by atoms with Gasteiger partial charge in [-0.15, -0.1) is 0 Å². The highest BCUT2D eigenvalue weighted by Crippen LogP contribution is 2.36. The summed E-state index contributed by atoms with van der Waals surface area (Å²) >= 11 is 0. The van der Waals surface area contributed by atoms with Gasteiger partial charge in [0.25, 0.3) is 5.91 Å². The van der Waals surface area contributed by atoms with Crippen LogP contribution >= 0.6 is 0 Å². The maximum absolute atomic E-state index is 13.2. The number of phenols is 1. The molecule has 1 saturated heterocycles. The normalized spacial score (nSPS) is 14.9. The second-order valence-corrected chi connectivity index (χ2v) is 9.23. The van der Waals surface area contributed by atoms with Crippen LogP contribution in [0.2, 0.25) is 0 Å². The van der Waals surface area contributed by atoms with Crippen molar-refractivity contribution in [1.82, 2.24) is 15.2 Å². The van der Waals surface area contributed by atoms with Crippen LogP contribution in [-0.2, 0) is 6.18 Å². The van der Waals surface area contributed by atoms with Crippen molar-refractivity contribution in [3.8, 4) is 28.2 Å². The first-order valence-electron chi connectivity index (χ1n) is 12.3. The fraction of sp³-hybridized carbons (Fsp3) is 0.241. The number of aromatic hydroxyl groups is 1. The zero-order chi connectivity index (χ0) is 26.7. The lowest BCUT2D eigenvalue weighted by Gasteiger charge is -2.28. The van der Waals surface area contributed by atoms with Crippen molar-refractivity contribution in [2.24, 2.45) is 0 Å². The van der Waals surface area contributed by atoms with Gasteiger partial charge < -0.3 is 14.8 Å². The van der Waals surface area contributed by atoms with Crippen LogP contribution in [0.3, 0.4) is 0 Å². The minimum atomic E-state index is -4.41. The van der Waals surface area contributed by atoms with Gasteiger partial charge in [-0.05, 0) is 79.5 Å². The molecule has 6 nitrogen and oxygen atoms in total. The number of nitrogens with zero attached hydrogens (tertiary/aromatic N) is 2. The first kappa shape index (κ1) is 25.5. The Morgan fingerprint density at radius 1 is 1.00 bits per heavy atom. The molecule has 1 aliphatic rings. The van der Waals surface area contributed by atoms with Gasteiger partial charge in [0.1, 0.15) is 11.5 Å². The SMILES string of the molecule is O=C(NCC(c1ccc(C(F)(F)F)cc1)N1CCCC1)c1cc(-c2ccncc2)c(-c2cccc(O)c2)o1. The van der Waals surface area contributed by atoms with Crippen molar-refractivity contribution in [2.75, 3.05) is 19.6 Å². The number of aromatic nitrogens is 1. The van der Waals surface area contributed by atoms with Crippen LogP contribution in [-0.4, -0.2) is 40.5 Å². The molecule has 196 valence electrons. The van der Waals surface area contributed by atoms with Gasteiger partial charge in [0.2, 0.25) is 0 Å². The summed E-state index contributed by atoms with van der Waals surface area (Å²) in [4.78, 5) is 19.5. The van der Waals surface area contributed by atoms with Gasteiger partial charge in [-0.3, -0.25) is 14.7 Å². The van der Waals surface area contributed by atoms with Gasteiger partial charge in [0.05, 0.1) is 11.6 Å². The van der Waals surface area contributed by atoms with E-state index < -0.39 is 17.6 Å². The minimum absolute atomic E-state index is 0.0653. The van der Waals surface area contributed by atoms with Gasteiger partial charge in [-0.25, -0.2) is 0 Å². The van der Waals surface area contributed by atoms with E-state index in [1.807, 2.05) is 0 Å². The quantitative estimate of drug-likeness (QED) is 0.298. The van der Waals surface area contributed by atoms with Crippen LogP contribution in [0, 0.1) is 0 Å². The van der Waals surface area contributed by atoms with Crippen molar-refractivity contribution < 1.29 is 27.5 Å². The second-order valence-electron chi connectivity index (χ2n) is 9.23. The second kappa shape index (κ2) is 10.7. The Labute approximate surface area is 217 Å². The van der Waals surface area contributed by atoms with Crippen LogP contribution in [0.5, 0.6) is 5.75 Å². The summed E-state index contributed by atoms with van der Waals surface area (Å²) < 4.78 is 45.2. The van der Waals surface area contributed by atoms with Crippen molar-refractivity contribution >= 4 is 5.91 Å². The molecule has 2 aromatic carbocycles. The number of pyridine rings is 1. The van der Waals surface area contributed by atoms with Crippen LogP contribution < -0.4 is 5.32 Å². The average molecular weight is 522 g/mol. The first-order valence-corrected chi connectivity index (χ1v) is 12.3. The van der Waals surface area contributed by atoms with Gasteiger partial charge in [-0.1, -0.05) is 24.3 Å². The highest BCUT2D eigenvalue weighted by Gasteiger charge is 2.31. The molecule has 0 radical (unpaired) electrons. The van der Waals surface area contributed by atoms with Gasteiger partial charge >= 0.3 is 6.18 Å². The molecule has 0 aliphatic carbocycles. The molecule has 5 rings (SSSR count). The Morgan fingerprint density at radius 3 is 2.37 bits per heavy atom. The number of rotatable bonds is 7. The number of amides is 1. The molecule has 38 heavy (non-hydrogen) atoms. The number of likely N-dealkylation sites (tertiary alicyclic amines) is 1. The molecule has 2 N–H and O–H groups in total. The van der Waals surface area contributed by atoms with E-state index in [1.165, 1.54) is 12.1 Å². The summed E-state index contributed by atoms with van der Waals surface area (Å²) in [6.07, 6.45) is 0.852. The third-order valence-corrected chi connectivity index (χ3v) is 6.72. The molecule has 3 heterocycles. The molecular weight excluding hydrogens is 495 g/mol. The minimum Gasteiger partial charge on any atom is -0.508 e. The molecule has 0 spiro atoms. The highest BCUT2D eigenvalue weighted by molar-refractivity contribution is 5.95. The number of hydrogen-bond acceptors (Lipinski definition) is 5. The number of halogens is 3. The van der Waals surface area contributed by atoms with E-state index in [1.54, 1.807) is 54.9 Å². The molecule has 2 aromatic heterocycles. The number of furan rings is 1. The number of carbonyl (C=O) groups excluding carboxylic acids is 1. The Balaban J connectivity index is 1.40. The van der Waals surface area contributed by atoms with Crippen LogP contribution in [0.25, 0.3) is 22.5 Å². The molecular formula is C29H26F3N3O3. The molecule has 1 atom stereocenters. The largest absolute Gasteiger partial charge is 0.508 e. The van der Waals surface area contributed by atoms with Crippen molar-refractivity contribution in [3.05, 3.63) is 96.0 Å². The van der Waals surface area contributed by atoms with E-state index in [4.69, 9.17) is 4.42 Å². The van der Waals surface area contributed by atoms with E-state index in [0.29, 0.717) is 22.5 Å². The van der Waals surface area contributed by atoms with Crippen LogP contribution in [0.15, 0.2) is 83.5 Å². The molecule has 4 aromatic rings. The monoisotopic (exact) mass is 521 g/mol. The maximum atomic E-state index is 13.2. The molecule has 1 amide bonds. The fourth-order valence-corrected chi connectivity index (χ4v) is 4.79. The maximum Gasteiger partial charge on any atom is 0.416 e. The summed E-state index contributed by atoms with van der Waals surface area (Å²) in [5.74, 6) is 0.136. The zero-order valence-electron chi connectivity index (χ0n) is 20.4. The summed E-state index contributed by atoms with van der Waals surface area (Å²) in [5, 5.41) is 12.9. The zero-order valence-corrected chi connectivity index (χ0v) is 20.4. The predicted octanol–water partition coefficient (Wildman–Crippen LogP) is 6.30. The van der Waals surface area contributed by atoms with Crippen LogP contribution in [0.4, 0.5) is 13.2 Å².